The van der Waals surface area contributed by atoms with E-state index in [2.05, 4.69) is 0 Å². The van der Waals surface area contributed by atoms with E-state index in [1.165, 1.54) is 4.90 Å². The van der Waals surface area contributed by atoms with Gasteiger partial charge in [-0.1, -0.05) is 13.3 Å². The number of carboxylic acid groups (broad SMARTS) is 1. The maximum absolute atomic E-state index is 11.7. The van der Waals surface area contributed by atoms with Gasteiger partial charge in [-0.3, -0.25) is 14.4 Å². The Hall–Kier alpha value is -1.24. The van der Waals surface area contributed by atoms with Crippen LogP contribution in [0.3, 0.4) is 0 Å². The highest BCUT2D eigenvalue weighted by molar-refractivity contribution is 8.00. The van der Waals surface area contributed by atoms with E-state index in [9.17, 15) is 14.4 Å². The molecule has 0 aliphatic rings. The quantitative estimate of drug-likeness (QED) is 0.605. The lowest BCUT2D eigenvalue weighted by Gasteiger charge is -2.20. The van der Waals surface area contributed by atoms with E-state index < -0.39 is 11.9 Å². The Morgan fingerprint density at radius 3 is 2.41 bits per heavy atom. The fraction of sp³-hybridized carbons (Fsp3) is 0.700. The molecule has 0 heterocycles. The second-order valence-corrected chi connectivity index (χ2v) is 4.51. The highest BCUT2D eigenvalue weighted by Crippen LogP contribution is 2.04. The summed E-state index contributed by atoms with van der Waals surface area (Å²) >= 11 is 1.02. The van der Waals surface area contributed by atoms with Crippen molar-refractivity contribution in [1.82, 2.24) is 4.90 Å². The lowest BCUT2D eigenvalue weighted by Crippen LogP contribution is -2.40. The van der Waals surface area contributed by atoms with Gasteiger partial charge in [-0.2, -0.15) is 0 Å². The third-order valence-corrected chi connectivity index (χ3v) is 2.83. The molecule has 0 spiro atoms. The van der Waals surface area contributed by atoms with E-state index in [0.29, 0.717) is 6.54 Å². The van der Waals surface area contributed by atoms with Gasteiger partial charge < -0.3 is 15.7 Å². The van der Waals surface area contributed by atoms with E-state index in [4.69, 9.17) is 10.8 Å². The summed E-state index contributed by atoms with van der Waals surface area (Å²) in [6.45, 7) is 2.35. The van der Waals surface area contributed by atoms with Crippen LogP contribution in [0.1, 0.15) is 19.8 Å². The first-order valence-corrected chi connectivity index (χ1v) is 6.48. The van der Waals surface area contributed by atoms with Crippen LogP contribution in [0.4, 0.5) is 0 Å². The molecule has 17 heavy (non-hydrogen) atoms. The Bertz CT molecular complexity index is 283. The monoisotopic (exact) mass is 262 g/mol. The molecule has 3 N–H and O–H groups in total. The average molecular weight is 262 g/mol. The zero-order chi connectivity index (χ0) is 13.3. The third-order valence-electron chi connectivity index (χ3n) is 1.93. The smallest absolute Gasteiger partial charge is 0.313 e. The normalized spacial score (nSPS) is 9.94. The summed E-state index contributed by atoms with van der Waals surface area (Å²) in [4.78, 5) is 34.1. The topological polar surface area (TPSA) is 101 Å². The van der Waals surface area contributed by atoms with Crippen molar-refractivity contribution in [3.8, 4) is 0 Å². The molecule has 0 atom stereocenters. The number of carbonyl (C=O) groups is 3. The molecule has 0 rings (SSSR count). The predicted molar refractivity (Wildman–Crippen MR) is 65.6 cm³/mol. The number of hydrogen-bond acceptors (Lipinski definition) is 4. The molecule has 0 fully saturated rings. The van der Waals surface area contributed by atoms with Crippen LogP contribution in [-0.2, 0) is 14.4 Å². The lowest BCUT2D eigenvalue weighted by molar-refractivity contribution is -0.134. The van der Waals surface area contributed by atoms with Gasteiger partial charge in [0.1, 0.15) is 0 Å². The van der Waals surface area contributed by atoms with Crippen molar-refractivity contribution < 1.29 is 19.5 Å². The molecular formula is C10H18N2O4S. The second-order valence-electron chi connectivity index (χ2n) is 3.52. The molecule has 0 bridgehead atoms. The molecule has 2 amide bonds. The Morgan fingerprint density at radius 1 is 1.29 bits per heavy atom. The standard InChI is InChI=1S/C10H18N2O4S/c1-2-3-4-12(5-8(11)13)9(14)6-17-7-10(15)16/h2-7H2,1H3,(H2,11,13)(H,15,16). The minimum Gasteiger partial charge on any atom is -0.481 e. The van der Waals surface area contributed by atoms with Gasteiger partial charge in [0.2, 0.25) is 11.8 Å². The first-order chi connectivity index (χ1) is 7.97. The summed E-state index contributed by atoms with van der Waals surface area (Å²) in [6.07, 6.45) is 1.70. The van der Waals surface area contributed by atoms with E-state index in [-0.39, 0.29) is 24.0 Å². The molecule has 7 heteroatoms. The van der Waals surface area contributed by atoms with Crippen LogP contribution in [0.5, 0.6) is 0 Å². The number of amides is 2. The van der Waals surface area contributed by atoms with Crippen LogP contribution in [0.2, 0.25) is 0 Å². The fourth-order valence-corrected chi connectivity index (χ4v) is 1.78. The van der Waals surface area contributed by atoms with E-state index >= 15 is 0 Å². The number of primary amides is 1. The molecular weight excluding hydrogens is 244 g/mol. The second kappa shape index (κ2) is 8.86. The maximum atomic E-state index is 11.7. The minimum absolute atomic E-state index is 0.0588. The zero-order valence-corrected chi connectivity index (χ0v) is 10.7. The SMILES string of the molecule is CCCCN(CC(N)=O)C(=O)CSCC(=O)O. The van der Waals surface area contributed by atoms with Gasteiger partial charge in [-0.05, 0) is 6.42 Å². The number of thioether (sulfide) groups is 1. The maximum Gasteiger partial charge on any atom is 0.313 e. The summed E-state index contributed by atoms with van der Waals surface area (Å²) in [5, 5.41) is 8.43. The largest absolute Gasteiger partial charge is 0.481 e. The average Bonchev–Trinajstić information content (AvgIpc) is 2.22. The van der Waals surface area contributed by atoms with Gasteiger partial charge >= 0.3 is 5.97 Å². The first kappa shape index (κ1) is 15.8. The fourth-order valence-electron chi connectivity index (χ4n) is 1.15. The van der Waals surface area contributed by atoms with Crippen LogP contribution >= 0.6 is 11.8 Å². The number of rotatable bonds is 9. The Balaban J connectivity index is 4.11. The molecule has 0 aliphatic heterocycles. The van der Waals surface area contributed by atoms with Gasteiger partial charge in [0.15, 0.2) is 0 Å². The molecule has 0 radical (unpaired) electrons. The lowest BCUT2D eigenvalue weighted by atomic mass is 10.3. The summed E-state index contributed by atoms with van der Waals surface area (Å²) in [6, 6.07) is 0. The van der Waals surface area contributed by atoms with Crippen molar-refractivity contribution in [3.05, 3.63) is 0 Å². The molecule has 0 saturated carbocycles. The van der Waals surface area contributed by atoms with Crippen molar-refractivity contribution in [2.24, 2.45) is 5.73 Å². The summed E-state index contributed by atoms with van der Waals surface area (Å²) in [5.41, 5.74) is 5.05. The number of hydrogen-bond donors (Lipinski definition) is 2. The summed E-state index contributed by atoms with van der Waals surface area (Å²) in [7, 11) is 0. The van der Waals surface area contributed by atoms with E-state index in [1.54, 1.807) is 0 Å². The van der Waals surface area contributed by atoms with Crippen LogP contribution in [0.25, 0.3) is 0 Å². The third kappa shape index (κ3) is 8.56. The molecule has 0 aliphatic carbocycles. The molecule has 0 aromatic rings. The molecule has 0 aromatic carbocycles. The number of nitrogens with two attached hydrogens (primary N) is 1. The van der Waals surface area contributed by atoms with Crippen molar-refractivity contribution in [2.45, 2.75) is 19.8 Å². The van der Waals surface area contributed by atoms with E-state index in [0.717, 1.165) is 24.6 Å². The van der Waals surface area contributed by atoms with Gasteiger partial charge in [-0.25, -0.2) is 0 Å². The van der Waals surface area contributed by atoms with Gasteiger partial charge in [0, 0.05) is 6.54 Å². The van der Waals surface area contributed by atoms with Crippen molar-refractivity contribution >= 4 is 29.5 Å². The van der Waals surface area contributed by atoms with Crippen LogP contribution in [-0.4, -0.2) is 52.4 Å². The highest BCUT2D eigenvalue weighted by atomic mass is 32.2. The number of carboxylic acids is 1. The molecule has 0 aromatic heterocycles. The number of aliphatic carboxylic acids is 1. The molecule has 0 unspecified atom stereocenters. The number of carbonyl (C=O) groups excluding carboxylic acids is 2. The highest BCUT2D eigenvalue weighted by Gasteiger charge is 2.15. The van der Waals surface area contributed by atoms with Gasteiger partial charge in [0.25, 0.3) is 0 Å². The molecule has 98 valence electrons. The summed E-state index contributed by atoms with van der Waals surface area (Å²) in [5.74, 6) is -1.83. The minimum atomic E-state index is -0.960. The van der Waals surface area contributed by atoms with Crippen molar-refractivity contribution in [3.63, 3.8) is 0 Å². The van der Waals surface area contributed by atoms with Gasteiger partial charge in [-0.15, -0.1) is 11.8 Å². The van der Waals surface area contributed by atoms with Crippen molar-refractivity contribution in [1.29, 1.82) is 0 Å². The van der Waals surface area contributed by atoms with Crippen molar-refractivity contribution in [2.75, 3.05) is 24.6 Å². The van der Waals surface area contributed by atoms with E-state index in [1.807, 2.05) is 6.92 Å². The Kier molecular flexibility index (Phi) is 8.21. The Morgan fingerprint density at radius 2 is 1.94 bits per heavy atom. The summed E-state index contributed by atoms with van der Waals surface area (Å²) < 4.78 is 0. The zero-order valence-electron chi connectivity index (χ0n) is 9.85. The molecule has 0 saturated heterocycles. The first-order valence-electron chi connectivity index (χ1n) is 5.33. The predicted octanol–water partition coefficient (Wildman–Crippen LogP) is -0.0818. The number of unbranched alkanes of at least 4 members (excludes halogenated alkanes) is 1. The van der Waals surface area contributed by atoms with Crippen LogP contribution in [0.15, 0.2) is 0 Å². The molecule has 6 nitrogen and oxygen atoms in total. The van der Waals surface area contributed by atoms with Gasteiger partial charge in [0.05, 0.1) is 18.1 Å². The van der Waals surface area contributed by atoms with Crippen LogP contribution in [0, 0.1) is 0 Å². The number of nitrogens with zero attached hydrogens (tertiary/aromatic N) is 1. The van der Waals surface area contributed by atoms with Crippen LogP contribution < -0.4 is 5.73 Å². The Labute approximate surface area is 105 Å².